The Hall–Kier alpha value is -4.26. The molecule has 1 atom stereocenters. The number of fused-ring (bicyclic) bond motifs is 1. The average molecular weight is 743 g/mol. The molecule has 3 aromatic rings. The molecule has 0 saturated heterocycles. The highest BCUT2D eigenvalue weighted by Crippen LogP contribution is 2.27. The van der Waals surface area contributed by atoms with Crippen LogP contribution in [0.3, 0.4) is 0 Å². The number of aliphatic carboxylic acids is 3. The van der Waals surface area contributed by atoms with Crippen molar-refractivity contribution in [3.05, 3.63) is 57.0 Å². The Labute approximate surface area is 311 Å². The number of rotatable bonds is 25. The number of amides is 1. The van der Waals surface area contributed by atoms with Crippen LogP contribution in [0.25, 0.3) is 10.9 Å². The van der Waals surface area contributed by atoms with Crippen molar-refractivity contribution in [2.75, 3.05) is 11.9 Å². The van der Waals surface area contributed by atoms with Gasteiger partial charge in [0, 0.05) is 26.4 Å². The first-order chi connectivity index (χ1) is 24.9. The number of thiophene rings is 1. The molecule has 0 spiro atoms. The third kappa shape index (κ3) is 17.8. The fraction of sp³-hybridized carbons (Fsp3) is 0.590. The molecule has 0 aliphatic rings. The number of carboxylic acid groups (broad SMARTS) is 3. The van der Waals surface area contributed by atoms with Gasteiger partial charge in [0.25, 0.3) is 11.5 Å². The maximum absolute atomic E-state index is 12.4. The molecule has 2 aromatic heterocycles. The van der Waals surface area contributed by atoms with E-state index in [0.29, 0.717) is 34.6 Å². The summed E-state index contributed by atoms with van der Waals surface area (Å²) in [6, 6.07) is 7.49. The molecular weight excluding hydrogens is 685 g/mol. The minimum absolute atomic E-state index is 0.204. The van der Waals surface area contributed by atoms with Crippen LogP contribution in [0.4, 0.5) is 5.00 Å². The van der Waals surface area contributed by atoms with E-state index in [0.717, 1.165) is 23.4 Å². The average Bonchev–Trinajstić information content (AvgIpc) is 3.59. The van der Waals surface area contributed by atoms with Gasteiger partial charge in [-0.3, -0.25) is 19.2 Å². The number of carboxylic acids is 3. The number of nitrogens with zero attached hydrogens (tertiary/aromatic N) is 2. The maximum atomic E-state index is 12.4. The van der Waals surface area contributed by atoms with Crippen LogP contribution in [-0.4, -0.2) is 62.2 Å². The zero-order chi connectivity index (χ0) is 38.3. The van der Waals surface area contributed by atoms with Gasteiger partial charge in [-0.1, -0.05) is 103 Å². The van der Waals surface area contributed by atoms with Crippen molar-refractivity contribution in [1.29, 1.82) is 0 Å². The van der Waals surface area contributed by atoms with E-state index in [-0.39, 0.29) is 18.4 Å². The van der Waals surface area contributed by atoms with E-state index in [4.69, 9.17) is 10.2 Å². The largest absolute Gasteiger partial charge is 0.481 e. The lowest BCUT2D eigenvalue weighted by Crippen LogP contribution is -2.40. The number of aromatic amines is 1. The predicted octanol–water partition coefficient (Wildman–Crippen LogP) is 8.31. The van der Waals surface area contributed by atoms with E-state index in [9.17, 15) is 29.1 Å². The molecule has 0 aliphatic heterocycles. The molecular formula is C39H58N4O8S. The molecule has 0 radical (unpaired) electrons. The summed E-state index contributed by atoms with van der Waals surface area (Å²) in [6.45, 7) is 4.46. The number of nitrogens with one attached hydrogen (secondary N) is 2. The number of H-pyrrole nitrogens is 1. The Bertz CT molecular complexity index is 1600. The van der Waals surface area contributed by atoms with Crippen LogP contribution in [0.1, 0.15) is 144 Å². The van der Waals surface area contributed by atoms with Gasteiger partial charge < -0.3 is 30.5 Å². The third-order valence-electron chi connectivity index (χ3n) is 8.74. The highest BCUT2D eigenvalue weighted by atomic mass is 32.1. The summed E-state index contributed by atoms with van der Waals surface area (Å²) < 4.78 is 0. The molecule has 3 rings (SSSR count). The van der Waals surface area contributed by atoms with Gasteiger partial charge in [0.05, 0.1) is 20.8 Å². The van der Waals surface area contributed by atoms with Crippen molar-refractivity contribution in [3.63, 3.8) is 0 Å². The minimum Gasteiger partial charge on any atom is -0.481 e. The van der Waals surface area contributed by atoms with Crippen LogP contribution in [0.2, 0.25) is 0 Å². The molecule has 52 heavy (non-hydrogen) atoms. The van der Waals surface area contributed by atoms with Crippen molar-refractivity contribution in [1.82, 2.24) is 15.3 Å². The van der Waals surface area contributed by atoms with Crippen LogP contribution in [0.15, 0.2) is 35.1 Å². The van der Waals surface area contributed by atoms with Crippen LogP contribution >= 0.6 is 11.3 Å². The van der Waals surface area contributed by atoms with Gasteiger partial charge in [-0.15, -0.1) is 11.3 Å². The van der Waals surface area contributed by atoms with Gasteiger partial charge >= 0.3 is 17.9 Å². The number of unbranched alkanes of at least 4 members (excludes halogenated alkanes) is 14. The first-order valence-corrected chi connectivity index (χ1v) is 19.5. The van der Waals surface area contributed by atoms with Crippen molar-refractivity contribution in [2.45, 2.75) is 142 Å². The molecule has 0 saturated carbocycles. The molecule has 1 aromatic carbocycles. The van der Waals surface area contributed by atoms with E-state index in [2.05, 4.69) is 22.2 Å². The molecule has 12 nitrogen and oxygen atoms in total. The third-order valence-corrected chi connectivity index (χ3v) is 9.94. The van der Waals surface area contributed by atoms with Gasteiger partial charge in [-0.05, 0) is 49.6 Å². The standard InChI is InChI=1S/C21H22N4O6S.C18H36O2/c1-11-22-14-4-3-12(9-13(14)19(28)23-11)10-25(2)17-7-6-16(32-17)20(29)24-15(21(30)31)5-8-18(26)27;1-2-3-4-5-6-7-8-9-10-11-12-13-14-15-16-17-18(19)20/h3-4,6-7,9,15H,5,8,10H2,1-2H3,(H,24,29)(H,26,27)(H,30,31)(H,22,23,28);2-17H2,1H3,(H,19,20)/t15-;/m0./s1. The molecule has 2 heterocycles. The Morgan fingerprint density at radius 3 is 1.90 bits per heavy atom. The first kappa shape index (κ1) is 43.9. The number of carbonyl (C=O) groups is 4. The lowest BCUT2D eigenvalue weighted by molar-refractivity contribution is -0.141. The van der Waals surface area contributed by atoms with Gasteiger partial charge in [0.15, 0.2) is 0 Å². The highest BCUT2D eigenvalue weighted by Gasteiger charge is 2.23. The van der Waals surface area contributed by atoms with Crippen LogP contribution in [0.5, 0.6) is 0 Å². The normalized spacial score (nSPS) is 11.4. The quantitative estimate of drug-likeness (QED) is 0.0528. The van der Waals surface area contributed by atoms with Crippen molar-refractivity contribution in [3.8, 4) is 0 Å². The second-order valence-electron chi connectivity index (χ2n) is 13.4. The molecule has 13 heteroatoms. The number of hydrogen-bond acceptors (Lipinski definition) is 8. The molecule has 288 valence electrons. The highest BCUT2D eigenvalue weighted by molar-refractivity contribution is 7.18. The molecule has 5 N–H and O–H groups in total. The van der Waals surface area contributed by atoms with Crippen LogP contribution < -0.4 is 15.8 Å². The smallest absolute Gasteiger partial charge is 0.326 e. The summed E-state index contributed by atoms with van der Waals surface area (Å²) in [5.74, 6) is -3.10. The first-order valence-electron chi connectivity index (χ1n) is 18.7. The van der Waals surface area contributed by atoms with Crippen molar-refractivity contribution < 1.29 is 34.5 Å². The molecule has 0 unspecified atom stereocenters. The summed E-state index contributed by atoms with van der Waals surface area (Å²) >= 11 is 1.18. The Morgan fingerprint density at radius 2 is 1.37 bits per heavy atom. The number of hydrogen-bond donors (Lipinski definition) is 5. The number of aryl methyl sites for hydroxylation is 1. The fourth-order valence-corrected chi connectivity index (χ4v) is 6.68. The lowest BCUT2D eigenvalue weighted by Gasteiger charge is -2.17. The zero-order valence-corrected chi connectivity index (χ0v) is 31.9. The summed E-state index contributed by atoms with van der Waals surface area (Å²) in [6.07, 6.45) is 19.6. The number of carbonyl (C=O) groups excluding carboxylic acids is 1. The van der Waals surface area contributed by atoms with E-state index in [1.807, 2.05) is 18.0 Å². The Kier molecular flexibility index (Phi) is 21.0. The topological polar surface area (TPSA) is 190 Å². The van der Waals surface area contributed by atoms with Gasteiger partial charge in [0.2, 0.25) is 0 Å². The summed E-state index contributed by atoms with van der Waals surface area (Å²) in [5, 5.41) is 30.1. The van der Waals surface area contributed by atoms with E-state index < -0.39 is 29.9 Å². The Morgan fingerprint density at radius 1 is 0.808 bits per heavy atom. The van der Waals surface area contributed by atoms with E-state index >= 15 is 0 Å². The second kappa shape index (κ2) is 24.8. The molecule has 0 bridgehead atoms. The van der Waals surface area contributed by atoms with Crippen molar-refractivity contribution >= 4 is 51.1 Å². The predicted molar refractivity (Wildman–Crippen MR) is 206 cm³/mol. The number of aromatic nitrogens is 2. The number of benzene rings is 1. The van der Waals surface area contributed by atoms with E-state index in [1.165, 1.54) is 94.8 Å². The second-order valence-corrected chi connectivity index (χ2v) is 14.4. The minimum atomic E-state index is -1.29. The van der Waals surface area contributed by atoms with Crippen molar-refractivity contribution in [2.24, 2.45) is 0 Å². The van der Waals surface area contributed by atoms with Gasteiger partial charge in [0.1, 0.15) is 11.9 Å². The molecule has 1 amide bonds. The van der Waals surface area contributed by atoms with Gasteiger partial charge in [-0.25, -0.2) is 9.78 Å². The van der Waals surface area contributed by atoms with E-state index in [1.54, 1.807) is 31.2 Å². The lowest BCUT2D eigenvalue weighted by atomic mass is 10.0. The molecule has 0 fully saturated rings. The monoisotopic (exact) mass is 742 g/mol. The fourth-order valence-electron chi connectivity index (χ4n) is 5.81. The van der Waals surface area contributed by atoms with Crippen LogP contribution in [0, 0.1) is 6.92 Å². The maximum Gasteiger partial charge on any atom is 0.326 e. The van der Waals surface area contributed by atoms with Crippen LogP contribution in [-0.2, 0) is 20.9 Å². The summed E-state index contributed by atoms with van der Waals surface area (Å²) in [5.41, 5.74) is 1.29. The summed E-state index contributed by atoms with van der Waals surface area (Å²) in [4.78, 5) is 66.1. The van der Waals surface area contributed by atoms with Gasteiger partial charge in [-0.2, -0.15) is 0 Å². The summed E-state index contributed by atoms with van der Waals surface area (Å²) in [7, 11) is 1.84. The zero-order valence-electron chi connectivity index (χ0n) is 31.1. The number of anilines is 1. The Balaban J connectivity index is 0.000000405. The SMILES string of the molecule is CCCCCCCCCCCCCCCCCC(=O)O.Cc1nc2ccc(CN(C)c3ccc(C(=O)N[C@@H](CCC(=O)O)C(=O)O)s3)cc2c(=O)[nH]1. The molecule has 0 aliphatic carbocycles.